The maximum absolute atomic E-state index is 4.12. The Kier molecular flexibility index (Phi) is 4.97. The van der Waals surface area contributed by atoms with Crippen molar-refractivity contribution in [3.8, 4) is 0 Å². The molecule has 2 atom stereocenters. The van der Waals surface area contributed by atoms with Crippen LogP contribution < -0.4 is 0 Å². The predicted molar refractivity (Wildman–Crippen MR) is 49.9 cm³/mol. The fourth-order valence-corrected chi connectivity index (χ4v) is 1.92. The molecular formula is C11H20Y-2. The van der Waals surface area contributed by atoms with E-state index in [0.29, 0.717) is 17.3 Å². The molecule has 0 N–H and O–H groups in total. The first-order valence-electron chi connectivity index (χ1n) is 4.57. The van der Waals surface area contributed by atoms with E-state index >= 15 is 0 Å². The molecule has 0 heterocycles. The summed E-state index contributed by atoms with van der Waals surface area (Å²) in [5, 5.41) is 0. The Morgan fingerprint density at radius 2 is 1.33 bits per heavy atom. The van der Waals surface area contributed by atoms with Crippen LogP contribution in [0.5, 0.6) is 0 Å². The Morgan fingerprint density at radius 3 is 1.50 bits per heavy atom. The molecule has 1 radical (unpaired) electrons. The van der Waals surface area contributed by atoms with Gasteiger partial charge in [-0.3, -0.25) is 0 Å². The molecule has 1 aliphatic rings. The van der Waals surface area contributed by atoms with Crippen LogP contribution in [0, 0.1) is 37.0 Å². The molecule has 1 fully saturated rings. The van der Waals surface area contributed by atoms with Crippen LogP contribution in [-0.4, -0.2) is 0 Å². The van der Waals surface area contributed by atoms with Crippen molar-refractivity contribution in [1.29, 1.82) is 0 Å². The molecule has 0 nitrogen and oxygen atoms in total. The SMILES string of the molecule is [CH2-]C1CC(C(C)(C)C)CC1[CH2-].[Y]. The minimum Gasteiger partial charge on any atom is -0.342 e. The summed E-state index contributed by atoms with van der Waals surface area (Å²) >= 11 is 0. The molecule has 1 aliphatic carbocycles. The predicted octanol–water partition coefficient (Wildman–Crippen LogP) is 3.34. The van der Waals surface area contributed by atoms with Gasteiger partial charge in [0.1, 0.15) is 0 Å². The average molecular weight is 241 g/mol. The second-order valence-corrected chi connectivity index (χ2v) is 5.05. The van der Waals surface area contributed by atoms with Crippen LogP contribution in [0.2, 0.25) is 0 Å². The Hall–Kier alpha value is 1.10. The summed E-state index contributed by atoms with van der Waals surface area (Å²) in [6.45, 7) is 15.2. The molecule has 0 saturated heterocycles. The van der Waals surface area contributed by atoms with Crippen molar-refractivity contribution in [3.63, 3.8) is 0 Å². The Morgan fingerprint density at radius 1 is 1.00 bits per heavy atom. The quantitative estimate of drug-likeness (QED) is 0.570. The van der Waals surface area contributed by atoms with E-state index < -0.39 is 0 Å². The summed E-state index contributed by atoms with van der Waals surface area (Å²) in [7, 11) is 0. The second kappa shape index (κ2) is 4.55. The van der Waals surface area contributed by atoms with Gasteiger partial charge in [-0.15, -0.1) is 0 Å². The Labute approximate surface area is 103 Å². The van der Waals surface area contributed by atoms with E-state index in [-0.39, 0.29) is 32.7 Å². The van der Waals surface area contributed by atoms with Crippen molar-refractivity contribution in [3.05, 3.63) is 13.8 Å². The molecule has 1 heteroatoms. The number of hydrogen-bond acceptors (Lipinski definition) is 0. The second-order valence-electron chi connectivity index (χ2n) is 5.05. The van der Waals surface area contributed by atoms with E-state index in [9.17, 15) is 0 Å². The Balaban J connectivity index is 0.00000121. The van der Waals surface area contributed by atoms with Gasteiger partial charge in [-0.25, -0.2) is 0 Å². The van der Waals surface area contributed by atoms with Crippen molar-refractivity contribution in [2.45, 2.75) is 33.6 Å². The van der Waals surface area contributed by atoms with E-state index in [1.165, 1.54) is 12.8 Å². The molecule has 0 spiro atoms. The summed E-state index contributed by atoms with van der Waals surface area (Å²) in [6.07, 6.45) is 2.55. The topological polar surface area (TPSA) is 0 Å². The fourth-order valence-electron chi connectivity index (χ4n) is 1.92. The largest absolute Gasteiger partial charge is 0.342 e. The smallest absolute Gasteiger partial charge is 0 e. The summed E-state index contributed by atoms with van der Waals surface area (Å²) < 4.78 is 0. The van der Waals surface area contributed by atoms with Crippen molar-refractivity contribution in [2.75, 3.05) is 0 Å². The molecule has 12 heavy (non-hydrogen) atoms. The van der Waals surface area contributed by atoms with E-state index in [1.807, 2.05) is 0 Å². The average Bonchev–Trinajstić information content (AvgIpc) is 2.11. The zero-order chi connectivity index (χ0) is 8.65. The van der Waals surface area contributed by atoms with Crippen molar-refractivity contribution >= 4 is 0 Å². The first-order valence-corrected chi connectivity index (χ1v) is 4.57. The van der Waals surface area contributed by atoms with Gasteiger partial charge in [-0.1, -0.05) is 33.6 Å². The van der Waals surface area contributed by atoms with Gasteiger partial charge in [0, 0.05) is 32.7 Å². The van der Waals surface area contributed by atoms with E-state index in [0.717, 1.165) is 5.92 Å². The fraction of sp³-hybridized carbons (Fsp3) is 0.818. The van der Waals surface area contributed by atoms with Crippen LogP contribution in [0.1, 0.15) is 33.6 Å². The van der Waals surface area contributed by atoms with Gasteiger partial charge in [0.05, 0.1) is 0 Å². The Bertz CT molecular complexity index is 124. The van der Waals surface area contributed by atoms with Crippen LogP contribution in [0.4, 0.5) is 0 Å². The zero-order valence-electron chi connectivity index (χ0n) is 8.64. The number of rotatable bonds is 0. The number of hydrogen-bond donors (Lipinski definition) is 0. The van der Waals surface area contributed by atoms with E-state index in [1.54, 1.807) is 0 Å². The molecule has 0 aromatic rings. The zero-order valence-corrected chi connectivity index (χ0v) is 11.5. The van der Waals surface area contributed by atoms with E-state index in [4.69, 9.17) is 0 Å². The third-order valence-corrected chi connectivity index (χ3v) is 3.07. The maximum Gasteiger partial charge on any atom is 0 e. The molecule has 69 valence electrons. The van der Waals surface area contributed by atoms with Gasteiger partial charge in [0.25, 0.3) is 0 Å². The van der Waals surface area contributed by atoms with Gasteiger partial charge in [-0.05, 0) is 11.3 Å². The molecule has 0 amide bonds. The van der Waals surface area contributed by atoms with Crippen molar-refractivity contribution in [1.82, 2.24) is 0 Å². The van der Waals surface area contributed by atoms with Crippen molar-refractivity contribution < 1.29 is 32.7 Å². The molecule has 0 bridgehead atoms. The molecule has 2 unspecified atom stereocenters. The normalized spacial score (nSPS) is 36.2. The molecule has 1 saturated carbocycles. The standard InChI is InChI=1S/C11H20.Y/c1-8-6-10(7-9(8)2)11(3,4)5;/h8-10H,1-2,6-7H2,3-5H3;/q-2;. The van der Waals surface area contributed by atoms with Gasteiger partial charge in [-0.2, -0.15) is 11.8 Å². The first kappa shape index (κ1) is 13.1. The minimum atomic E-state index is 0. The van der Waals surface area contributed by atoms with Crippen LogP contribution >= 0.6 is 0 Å². The molecular weight excluding hydrogens is 221 g/mol. The third kappa shape index (κ3) is 3.11. The van der Waals surface area contributed by atoms with Gasteiger partial charge >= 0.3 is 0 Å². The summed E-state index contributed by atoms with van der Waals surface area (Å²) in [5.41, 5.74) is 0.461. The van der Waals surface area contributed by atoms with Crippen LogP contribution in [0.15, 0.2) is 0 Å². The van der Waals surface area contributed by atoms with Crippen molar-refractivity contribution in [2.24, 2.45) is 23.2 Å². The van der Waals surface area contributed by atoms with Gasteiger partial charge < -0.3 is 13.8 Å². The third-order valence-electron chi connectivity index (χ3n) is 3.07. The minimum absolute atomic E-state index is 0. The van der Waals surface area contributed by atoms with Crippen LogP contribution in [-0.2, 0) is 32.7 Å². The van der Waals surface area contributed by atoms with E-state index in [2.05, 4.69) is 34.6 Å². The first-order chi connectivity index (χ1) is 4.91. The summed E-state index contributed by atoms with van der Waals surface area (Å²) in [5.74, 6) is 2.03. The van der Waals surface area contributed by atoms with Crippen LogP contribution in [0.3, 0.4) is 0 Å². The molecule has 1 rings (SSSR count). The molecule has 0 aromatic heterocycles. The summed E-state index contributed by atoms with van der Waals surface area (Å²) in [4.78, 5) is 0. The summed E-state index contributed by atoms with van der Waals surface area (Å²) in [6, 6.07) is 0. The monoisotopic (exact) mass is 241 g/mol. The van der Waals surface area contributed by atoms with Crippen LogP contribution in [0.25, 0.3) is 0 Å². The van der Waals surface area contributed by atoms with Gasteiger partial charge in [0.2, 0.25) is 0 Å². The molecule has 0 aromatic carbocycles. The van der Waals surface area contributed by atoms with Gasteiger partial charge in [0.15, 0.2) is 0 Å². The maximum atomic E-state index is 4.12. The molecule has 0 aliphatic heterocycles.